The molecule has 0 bridgehead atoms. The summed E-state index contributed by atoms with van der Waals surface area (Å²) in [5.41, 5.74) is 3.59. The molecule has 0 aliphatic rings. The number of nitriles is 1. The predicted octanol–water partition coefficient (Wildman–Crippen LogP) is 2.93. The monoisotopic (exact) mass is 194 g/mol. The molecule has 0 aliphatic carbocycles. The second kappa shape index (κ2) is 3.93. The van der Waals surface area contributed by atoms with Gasteiger partial charge in [0.25, 0.3) is 0 Å². The minimum absolute atomic E-state index is 0.707. The molecule has 2 nitrogen and oxygen atoms in total. The molecule has 0 fully saturated rings. The third kappa shape index (κ3) is 1.87. The Bertz CT molecular complexity index is 510. The largest absolute Gasteiger partial charge is 0.256 e. The van der Waals surface area contributed by atoms with E-state index in [2.05, 4.69) is 11.1 Å². The van der Waals surface area contributed by atoms with Crippen LogP contribution in [-0.2, 0) is 0 Å². The van der Waals surface area contributed by atoms with Crippen LogP contribution in [0.15, 0.2) is 42.6 Å². The van der Waals surface area contributed by atoms with E-state index >= 15 is 0 Å². The lowest BCUT2D eigenvalue weighted by Gasteiger charge is -2.02. The zero-order chi connectivity index (χ0) is 10.7. The Balaban J connectivity index is 2.52. The van der Waals surface area contributed by atoms with Crippen LogP contribution in [0.2, 0.25) is 0 Å². The van der Waals surface area contributed by atoms with Gasteiger partial charge in [0.05, 0.1) is 17.3 Å². The Morgan fingerprint density at radius 3 is 2.73 bits per heavy atom. The summed E-state index contributed by atoms with van der Waals surface area (Å²) in [6, 6.07) is 13.7. The number of aromatic nitrogens is 1. The number of hydrogen-bond acceptors (Lipinski definition) is 2. The van der Waals surface area contributed by atoms with E-state index in [-0.39, 0.29) is 0 Å². The van der Waals surface area contributed by atoms with Gasteiger partial charge in [-0.2, -0.15) is 5.26 Å². The van der Waals surface area contributed by atoms with Crippen molar-refractivity contribution in [3.8, 4) is 17.3 Å². The maximum atomic E-state index is 8.92. The van der Waals surface area contributed by atoms with Gasteiger partial charge in [-0.15, -0.1) is 0 Å². The number of benzene rings is 1. The third-order valence-corrected chi connectivity index (χ3v) is 2.32. The van der Waals surface area contributed by atoms with E-state index < -0.39 is 0 Å². The summed E-state index contributed by atoms with van der Waals surface area (Å²) in [6.45, 7) is 1.93. The van der Waals surface area contributed by atoms with E-state index in [0.717, 1.165) is 16.8 Å². The summed E-state index contributed by atoms with van der Waals surface area (Å²) in [5.74, 6) is 0. The highest BCUT2D eigenvalue weighted by atomic mass is 14.7. The Kier molecular flexibility index (Phi) is 2.47. The molecule has 0 radical (unpaired) electrons. The number of nitrogens with zero attached hydrogens (tertiary/aromatic N) is 2. The molecule has 0 aliphatic heterocycles. The quantitative estimate of drug-likeness (QED) is 0.699. The summed E-state index contributed by atoms with van der Waals surface area (Å²) in [7, 11) is 0. The molecule has 1 aromatic carbocycles. The van der Waals surface area contributed by atoms with Gasteiger partial charge in [-0.3, -0.25) is 4.98 Å². The summed E-state index contributed by atoms with van der Waals surface area (Å²) in [6.07, 6.45) is 1.75. The molecule has 72 valence electrons. The summed E-state index contributed by atoms with van der Waals surface area (Å²) < 4.78 is 0. The minimum atomic E-state index is 0.707. The normalized spacial score (nSPS) is 9.60. The molecule has 0 spiro atoms. The summed E-state index contributed by atoms with van der Waals surface area (Å²) in [4.78, 5) is 4.24. The zero-order valence-electron chi connectivity index (χ0n) is 8.44. The van der Waals surface area contributed by atoms with Crippen LogP contribution >= 0.6 is 0 Å². The average molecular weight is 194 g/mol. The predicted molar refractivity (Wildman–Crippen MR) is 59.1 cm³/mol. The first-order valence-electron chi connectivity index (χ1n) is 4.73. The average Bonchev–Trinajstić information content (AvgIpc) is 2.31. The highest BCUT2D eigenvalue weighted by molar-refractivity contribution is 5.62. The molecule has 0 saturated carbocycles. The Morgan fingerprint density at radius 2 is 2.07 bits per heavy atom. The van der Waals surface area contributed by atoms with Crippen molar-refractivity contribution in [2.45, 2.75) is 6.92 Å². The van der Waals surface area contributed by atoms with Crippen molar-refractivity contribution >= 4 is 0 Å². The maximum absolute atomic E-state index is 8.92. The fourth-order valence-electron chi connectivity index (χ4n) is 1.44. The SMILES string of the molecule is Cc1ccc(-c2ccccn2)cc1C#N. The lowest BCUT2D eigenvalue weighted by atomic mass is 10.0. The van der Waals surface area contributed by atoms with E-state index in [1.165, 1.54) is 0 Å². The summed E-state index contributed by atoms with van der Waals surface area (Å²) in [5, 5.41) is 8.92. The van der Waals surface area contributed by atoms with Crippen molar-refractivity contribution in [1.82, 2.24) is 4.98 Å². The van der Waals surface area contributed by atoms with E-state index in [0.29, 0.717) is 5.56 Å². The summed E-state index contributed by atoms with van der Waals surface area (Å²) >= 11 is 0. The first kappa shape index (κ1) is 9.42. The van der Waals surface area contributed by atoms with Crippen LogP contribution in [0.3, 0.4) is 0 Å². The van der Waals surface area contributed by atoms with Crippen molar-refractivity contribution < 1.29 is 0 Å². The lowest BCUT2D eigenvalue weighted by molar-refractivity contribution is 1.31. The fraction of sp³-hybridized carbons (Fsp3) is 0.0769. The van der Waals surface area contributed by atoms with E-state index in [9.17, 15) is 0 Å². The van der Waals surface area contributed by atoms with Gasteiger partial charge in [0.15, 0.2) is 0 Å². The van der Waals surface area contributed by atoms with Crippen LogP contribution in [0.5, 0.6) is 0 Å². The molecule has 15 heavy (non-hydrogen) atoms. The molecule has 0 saturated heterocycles. The van der Waals surface area contributed by atoms with Crippen molar-refractivity contribution in [2.24, 2.45) is 0 Å². The number of hydrogen-bond donors (Lipinski definition) is 0. The minimum Gasteiger partial charge on any atom is -0.256 e. The van der Waals surface area contributed by atoms with E-state index in [1.807, 2.05) is 43.3 Å². The molecule has 0 amide bonds. The second-order valence-electron chi connectivity index (χ2n) is 3.36. The Morgan fingerprint density at radius 1 is 1.20 bits per heavy atom. The van der Waals surface area contributed by atoms with Gasteiger partial charge >= 0.3 is 0 Å². The molecule has 0 N–H and O–H groups in total. The van der Waals surface area contributed by atoms with Crippen molar-refractivity contribution in [3.63, 3.8) is 0 Å². The molecule has 2 heteroatoms. The number of aryl methyl sites for hydroxylation is 1. The van der Waals surface area contributed by atoms with Gasteiger partial charge in [0, 0.05) is 11.8 Å². The highest BCUT2D eigenvalue weighted by Crippen LogP contribution is 2.19. The smallest absolute Gasteiger partial charge is 0.0994 e. The van der Waals surface area contributed by atoms with Gasteiger partial charge < -0.3 is 0 Å². The number of rotatable bonds is 1. The lowest BCUT2D eigenvalue weighted by Crippen LogP contribution is -1.86. The van der Waals surface area contributed by atoms with Crippen molar-refractivity contribution in [2.75, 3.05) is 0 Å². The van der Waals surface area contributed by atoms with Crippen molar-refractivity contribution in [3.05, 3.63) is 53.7 Å². The first-order valence-corrected chi connectivity index (χ1v) is 4.73. The molecular weight excluding hydrogens is 184 g/mol. The number of pyridine rings is 1. The van der Waals surface area contributed by atoms with Crippen LogP contribution in [0.25, 0.3) is 11.3 Å². The molecule has 0 atom stereocenters. The third-order valence-electron chi connectivity index (χ3n) is 2.32. The van der Waals surface area contributed by atoms with Crippen LogP contribution in [-0.4, -0.2) is 4.98 Å². The fourth-order valence-corrected chi connectivity index (χ4v) is 1.44. The Hall–Kier alpha value is -2.14. The zero-order valence-corrected chi connectivity index (χ0v) is 8.44. The van der Waals surface area contributed by atoms with Crippen LogP contribution in [0, 0.1) is 18.3 Å². The van der Waals surface area contributed by atoms with Gasteiger partial charge in [-0.1, -0.05) is 18.2 Å². The maximum Gasteiger partial charge on any atom is 0.0994 e. The Labute approximate surface area is 88.8 Å². The molecule has 1 aromatic heterocycles. The molecule has 0 unspecified atom stereocenters. The van der Waals surface area contributed by atoms with Crippen LogP contribution in [0.1, 0.15) is 11.1 Å². The van der Waals surface area contributed by atoms with Gasteiger partial charge in [-0.05, 0) is 30.7 Å². The van der Waals surface area contributed by atoms with Gasteiger partial charge in [-0.25, -0.2) is 0 Å². The topological polar surface area (TPSA) is 36.7 Å². The van der Waals surface area contributed by atoms with Gasteiger partial charge in [0.1, 0.15) is 0 Å². The van der Waals surface area contributed by atoms with Crippen LogP contribution < -0.4 is 0 Å². The van der Waals surface area contributed by atoms with Gasteiger partial charge in [0.2, 0.25) is 0 Å². The molecule has 2 rings (SSSR count). The standard InChI is InChI=1S/C13H10N2/c1-10-5-6-11(8-12(10)9-14)13-4-2-3-7-15-13/h2-8H,1H3. The molecule has 1 heterocycles. The van der Waals surface area contributed by atoms with E-state index in [4.69, 9.17) is 5.26 Å². The van der Waals surface area contributed by atoms with Crippen LogP contribution in [0.4, 0.5) is 0 Å². The van der Waals surface area contributed by atoms with E-state index in [1.54, 1.807) is 6.20 Å². The molecule has 2 aromatic rings. The second-order valence-corrected chi connectivity index (χ2v) is 3.36. The van der Waals surface area contributed by atoms with Crippen molar-refractivity contribution in [1.29, 1.82) is 5.26 Å². The highest BCUT2D eigenvalue weighted by Gasteiger charge is 2.01. The molecular formula is C13H10N2. The first-order chi connectivity index (χ1) is 7.31.